The number of nitrogens with zero attached hydrogens (tertiary/aromatic N) is 3. The van der Waals surface area contributed by atoms with E-state index < -0.39 is 24.1 Å². The molecular formula is C15H14F6N4O3. The normalized spacial score (nSPS) is 11.9. The standard InChI is InChI=1S/C13H13F3N4O.C2HF3O2/c1-3-21-5-4-9-6-10(7-17-8(9)2)11-18-12(20-19-11)13(14,15)16;3-2(4,5)1(6)7/h4-7H,3H2,1-2H3,(H,18,19,20);(H,6,7)/b5-4+;. The van der Waals surface area contributed by atoms with E-state index >= 15 is 0 Å². The summed E-state index contributed by atoms with van der Waals surface area (Å²) in [6, 6.07) is 1.65. The van der Waals surface area contributed by atoms with Gasteiger partial charge in [0.1, 0.15) is 0 Å². The Morgan fingerprint density at radius 2 is 1.89 bits per heavy atom. The van der Waals surface area contributed by atoms with Crippen molar-refractivity contribution in [2.75, 3.05) is 6.61 Å². The Hall–Kier alpha value is -3.12. The Balaban J connectivity index is 0.000000480. The fourth-order valence-electron chi connectivity index (χ4n) is 1.58. The SMILES string of the molecule is CCO/C=C/c1cc(-c2n[nH]c(C(F)(F)F)n2)cnc1C.O=C(O)C(F)(F)F. The quantitative estimate of drug-likeness (QED) is 0.585. The topological polar surface area (TPSA) is 101 Å². The van der Waals surface area contributed by atoms with Gasteiger partial charge in [0.2, 0.25) is 5.82 Å². The molecule has 154 valence electrons. The van der Waals surface area contributed by atoms with Crippen LogP contribution >= 0.6 is 0 Å². The smallest absolute Gasteiger partial charge is 0.490 e. The van der Waals surface area contributed by atoms with Crippen LogP contribution in [0.2, 0.25) is 0 Å². The third-order valence-corrected chi connectivity index (χ3v) is 2.89. The van der Waals surface area contributed by atoms with Gasteiger partial charge < -0.3 is 9.84 Å². The second-order valence-corrected chi connectivity index (χ2v) is 4.97. The first-order chi connectivity index (χ1) is 12.9. The maximum Gasteiger partial charge on any atom is 0.490 e. The van der Waals surface area contributed by atoms with E-state index in [-0.39, 0.29) is 5.82 Å². The van der Waals surface area contributed by atoms with E-state index in [9.17, 15) is 26.3 Å². The highest BCUT2D eigenvalue weighted by Gasteiger charge is 2.38. The van der Waals surface area contributed by atoms with E-state index in [4.69, 9.17) is 14.6 Å². The molecule has 2 aromatic heterocycles. The number of H-pyrrole nitrogens is 1. The molecule has 2 heterocycles. The van der Waals surface area contributed by atoms with Gasteiger partial charge in [-0.2, -0.15) is 31.4 Å². The molecule has 2 N–H and O–H groups in total. The fraction of sp³-hybridized carbons (Fsp3) is 0.333. The number of halogens is 6. The predicted octanol–water partition coefficient (Wildman–Crippen LogP) is 3.83. The van der Waals surface area contributed by atoms with Crippen LogP contribution in [0, 0.1) is 6.92 Å². The van der Waals surface area contributed by atoms with Gasteiger partial charge in [-0.05, 0) is 31.6 Å². The maximum atomic E-state index is 12.5. The van der Waals surface area contributed by atoms with E-state index in [0.717, 1.165) is 11.3 Å². The molecule has 2 aromatic rings. The van der Waals surface area contributed by atoms with Crippen LogP contribution in [0.4, 0.5) is 26.3 Å². The molecular weight excluding hydrogens is 398 g/mol. The van der Waals surface area contributed by atoms with Crippen molar-refractivity contribution in [1.82, 2.24) is 20.2 Å². The molecule has 0 spiro atoms. The van der Waals surface area contributed by atoms with Crippen LogP contribution in [0.5, 0.6) is 0 Å². The summed E-state index contributed by atoms with van der Waals surface area (Å²) in [7, 11) is 0. The molecule has 28 heavy (non-hydrogen) atoms. The maximum absolute atomic E-state index is 12.5. The molecule has 13 heteroatoms. The molecule has 0 saturated carbocycles. The van der Waals surface area contributed by atoms with Crippen LogP contribution in [0.25, 0.3) is 17.5 Å². The minimum Gasteiger partial charge on any atom is -0.501 e. The van der Waals surface area contributed by atoms with Crippen LogP contribution in [-0.2, 0) is 15.7 Å². The number of aromatic nitrogens is 4. The Morgan fingerprint density at radius 3 is 2.36 bits per heavy atom. The second kappa shape index (κ2) is 9.19. The van der Waals surface area contributed by atoms with E-state index in [0.29, 0.717) is 12.2 Å². The first-order valence-electron chi connectivity index (χ1n) is 7.41. The number of aromatic amines is 1. The lowest BCUT2D eigenvalue weighted by Crippen LogP contribution is -2.21. The number of rotatable bonds is 4. The van der Waals surface area contributed by atoms with Gasteiger partial charge in [0, 0.05) is 17.5 Å². The van der Waals surface area contributed by atoms with Crippen molar-refractivity contribution in [1.29, 1.82) is 0 Å². The van der Waals surface area contributed by atoms with Crippen molar-refractivity contribution in [2.24, 2.45) is 0 Å². The molecule has 0 bridgehead atoms. The van der Waals surface area contributed by atoms with Crippen molar-refractivity contribution < 1.29 is 41.0 Å². The van der Waals surface area contributed by atoms with Gasteiger partial charge in [-0.25, -0.2) is 9.78 Å². The number of carboxylic acid groups (broad SMARTS) is 1. The molecule has 0 amide bonds. The summed E-state index contributed by atoms with van der Waals surface area (Å²) in [5.41, 5.74) is 1.84. The Labute approximate surface area is 154 Å². The Bertz CT molecular complexity index is 830. The van der Waals surface area contributed by atoms with Crippen LogP contribution in [-0.4, -0.2) is 44.0 Å². The van der Waals surface area contributed by atoms with Gasteiger partial charge in [0.25, 0.3) is 0 Å². The molecule has 0 radical (unpaired) electrons. The zero-order valence-corrected chi connectivity index (χ0v) is 14.4. The minimum atomic E-state index is -5.08. The number of aliphatic carboxylic acids is 1. The monoisotopic (exact) mass is 412 g/mol. The molecule has 0 aromatic carbocycles. The molecule has 0 aliphatic rings. The summed E-state index contributed by atoms with van der Waals surface area (Å²) < 4.78 is 74.3. The molecule has 0 fully saturated rings. The molecule has 7 nitrogen and oxygen atoms in total. The molecule has 0 unspecified atom stereocenters. The number of nitrogens with one attached hydrogen (secondary N) is 1. The zero-order chi connectivity index (χ0) is 21.5. The van der Waals surface area contributed by atoms with Gasteiger partial charge in [-0.15, -0.1) is 0 Å². The van der Waals surface area contributed by atoms with E-state index in [1.807, 2.05) is 12.0 Å². The highest BCUT2D eigenvalue weighted by molar-refractivity contribution is 5.73. The highest BCUT2D eigenvalue weighted by atomic mass is 19.4. The van der Waals surface area contributed by atoms with Crippen LogP contribution in [0.15, 0.2) is 18.5 Å². The molecule has 2 rings (SSSR count). The number of carboxylic acids is 1. The third-order valence-electron chi connectivity index (χ3n) is 2.89. The fourth-order valence-corrected chi connectivity index (χ4v) is 1.58. The lowest BCUT2D eigenvalue weighted by Gasteiger charge is -2.02. The van der Waals surface area contributed by atoms with Crippen molar-refractivity contribution in [3.8, 4) is 11.4 Å². The van der Waals surface area contributed by atoms with E-state index in [1.165, 1.54) is 12.5 Å². The first kappa shape index (κ1) is 22.9. The average molecular weight is 412 g/mol. The summed E-state index contributed by atoms with van der Waals surface area (Å²) in [5.74, 6) is -3.95. The van der Waals surface area contributed by atoms with E-state index in [2.05, 4.69) is 15.1 Å². The van der Waals surface area contributed by atoms with Crippen molar-refractivity contribution >= 4 is 12.0 Å². The molecule has 0 aliphatic heterocycles. The number of alkyl halides is 6. The average Bonchev–Trinajstić information content (AvgIpc) is 3.07. The van der Waals surface area contributed by atoms with Gasteiger partial charge in [0.15, 0.2) is 5.82 Å². The summed E-state index contributed by atoms with van der Waals surface area (Å²) >= 11 is 0. The predicted molar refractivity (Wildman–Crippen MR) is 83.7 cm³/mol. The Morgan fingerprint density at radius 1 is 1.29 bits per heavy atom. The lowest BCUT2D eigenvalue weighted by molar-refractivity contribution is -0.192. The minimum absolute atomic E-state index is 0.0547. The molecule has 0 atom stereocenters. The third kappa shape index (κ3) is 6.89. The largest absolute Gasteiger partial charge is 0.501 e. The number of ether oxygens (including phenoxy) is 1. The number of carbonyl (C=O) groups is 1. The van der Waals surface area contributed by atoms with Gasteiger partial charge in [-0.1, -0.05) is 0 Å². The summed E-state index contributed by atoms with van der Waals surface area (Å²) in [6.07, 6.45) is -5.02. The first-order valence-corrected chi connectivity index (χ1v) is 7.41. The molecule has 0 saturated heterocycles. The number of hydrogen-bond donors (Lipinski definition) is 2. The zero-order valence-electron chi connectivity index (χ0n) is 14.4. The molecule has 0 aliphatic carbocycles. The van der Waals surface area contributed by atoms with Crippen molar-refractivity contribution in [3.05, 3.63) is 35.6 Å². The highest BCUT2D eigenvalue weighted by Crippen LogP contribution is 2.27. The van der Waals surface area contributed by atoms with Crippen molar-refractivity contribution in [2.45, 2.75) is 26.2 Å². The Kier molecular flexibility index (Phi) is 7.52. The van der Waals surface area contributed by atoms with Gasteiger partial charge >= 0.3 is 18.3 Å². The number of hydrogen-bond acceptors (Lipinski definition) is 5. The van der Waals surface area contributed by atoms with Crippen LogP contribution in [0.3, 0.4) is 0 Å². The number of aryl methyl sites for hydroxylation is 1. The second-order valence-electron chi connectivity index (χ2n) is 4.97. The summed E-state index contributed by atoms with van der Waals surface area (Å²) in [4.78, 5) is 16.5. The van der Waals surface area contributed by atoms with Gasteiger partial charge in [0.05, 0.1) is 12.9 Å². The van der Waals surface area contributed by atoms with Gasteiger partial charge in [-0.3, -0.25) is 10.1 Å². The number of pyridine rings is 1. The van der Waals surface area contributed by atoms with Crippen LogP contribution < -0.4 is 0 Å². The van der Waals surface area contributed by atoms with Crippen LogP contribution in [0.1, 0.15) is 24.0 Å². The van der Waals surface area contributed by atoms with Crippen molar-refractivity contribution in [3.63, 3.8) is 0 Å². The van der Waals surface area contributed by atoms with E-state index in [1.54, 1.807) is 19.1 Å². The summed E-state index contributed by atoms with van der Waals surface area (Å²) in [6.45, 7) is 4.16. The lowest BCUT2D eigenvalue weighted by atomic mass is 10.1. The summed E-state index contributed by atoms with van der Waals surface area (Å²) in [5, 5.41) is 12.6.